The predicted octanol–water partition coefficient (Wildman–Crippen LogP) is 1.56. The predicted molar refractivity (Wildman–Crippen MR) is 77.8 cm³/mol. The van der Waals surface area contributed by atoms with Crippen LogP contribution in [0.5, 0.6) is 0 Å². The van der Waals surface area contributed by atoms with Gasteiger partial charge in [0.1, 0.15) is 5.69 Å². The number of ether oxygens (including phenoxy) is 2. The van der Waals surface area contributed by atoms with Gasteiger partial charge < -0.3 is 14.8 Å². The van der Waals surface area contributed by atoms with E-state index in [1.807, 2.05) is 20.8 Å². The van der Waals surface area contributed by atoms with Crippen molar-refractivity contribution in [2.45, 2.75) is 45.4 Å². The van der Waals surface area contributed by atoms with Crippen LogP contribution in [0.25, 0.3) is 0 Å². The number of methoxy groups -OCH3 is 1. The molecule has 0 unspecified atom stereocenters. The van der Waals surface area contributed by atoms with Gasteiger partial charge in [-0.1, -0.05) is 6.07 Å². The number of esters is 1. The fourth-order valence-corrected chi connectivity index (χ4v) is 1.83. The molecule has 1 aromatic heterocycles. The van der Waals surface area contributed by atoms with Crippen LogP contribution in [0, 0.1) is 0 Å². The quantitative estimate of drug-likeness (QED) is 0.834. The van der Waals surface area contributed by atoms with Gasteiger partial charge in [-0.15, -0.1) is 0 Å². The van der Waals surface area contributed by atoms with Crippen LogP contribution in [0.3, 0.4) is 0 Å². The molecule has 0 saturated heterocycles. The fourth-order valence-electron chi connectivity index (χ4n) is 1.83. The molecule has 0 spiro atoms. The summed E-state index contributed by atoms with van der Waals surface area (Å²) >= 11 is 0. The van der Waals surface area contributed by atoms with E-state index in [9.17, 15) is 9.59 Å². The lowest BCUT2D eigenvalue weighted by Crippen LogP contribution is -2.51. The fraction of sp³-hybridized carbons (Fsp3) is 0.533. The Hall–Kier alpha value is -1.95. The number of nitrogens with one attached hydrogen (secondary N) is 1. The van der Waals surface area contributed by atoms with Crippen LogP contribution >= 0.6 is 0 Å². The summed E-state index contributed by atoms with van der Waals surface area (Å²) in [5.74, 6) is -1.01. The molecule has 6 heteroatoms. The number of rotatable bonds is 5. The normalized spacial score (nSPS) is 14.1. The van der Waals surface area contributed by atoms with Gasteiger partial charge in [-0.25, -0.2) is 4.79 Å². The van der Waals surface area contributed by atoms with Gasteiger partial charge in [-0.05, 0) is 39.8 Å². The minimum atomic E-state index is -0.899. The van der Waals surface area contributed by atoms with Crippen molar-refractivity contribution in [3.63, 3.8) is 0 Å². The largest absolute Gasteiger partial charge is 0.467 e. The van der Waals surface area contributed by atoms with Crippen molar-refractivity contribution in [3.05, 3.63) is 30.1 Å². The van der Waals surface area contributed by atoms with E-state index in [1.54, 1.807) is 25.1 Å². The molecule has 0 fully saturated rings. The Balaban J connectivity index is 2.84. The van der Waals surface area contributed by atoms with E-state index in [4.69, 9.17) is 9.47 Å². The molecule has 1 N–H and O–H groups in total. The summed E-state index contributed by atoms with van der Waals surface area (Å²) in [4.78, 5) is 27.9. The first kappa shape index (κ1) is 17.1. The van der Waals surface area contributed by atoms with E-state index in [1.165, 1.54) is 13.3 Å². The molecule has 0 aliphatic heterocycles. The molecule has 1 rings (SSSR count). The van der Waals surface area contributed by atoms with Gasteiger partial charge in [-0.3, -0.25) is 9.78 Å². The van der Waals surface area contributed by atoms with E-state index < -0.39 is 29.6 Å². The van der Waals surface area contributed by atoms with Gasteiger partial charge in [0, 0.05) is 6.20 Å². The zero-order valence-electron chi connectivity index (χ0n) is 13.0. The molecule has 0 aromatic carbocycles. The molecule has 2 atom stereocenters. The van der Waals surface area contributed by atoms with Crippen molar-refractivity contribution >= 4 is 11.9 Å². The number of carbonyl (C=O) groups is 2. The molecule has 21 heavy (non-hydrogen) atoms. The Bertz CT molecular complexity index is 482. The first-order chi connectivity index (χ1) is 9.74. The summed E-state index contributed by atoms with van der Waals surface area (Å²) in [6.45, 7) is 7.33. The number of carbonyl (C=O) groups excluding carboxylic acids is 2. The van der Waals surface area contributed by atoms with Gasteiger partial charge >= 0.3 is 5.97 Å². The number of pyridine rings is 1. The standard InChI is InChI=1S/C15H22N2O4/c1-10(21-15(2,3)4)12(14(19)20-5)17-13(18)11-8-6-7-9-16-11/h6-10,12H,1-5H3,(H,17,18)/t10-,12+/m1/s1. The summed E-state index contributed by atoms with van der Waals surface area (Å²) < 4.78 is 10.5. The summed E-state index contributed by atoms with van der Waals surface area (Å²) in [7, 11) is 1.27. The van der Waals surface area contributed by atoms with E-state index in [-0.39, 0.29) is 5.69 Å². The minimum Gasteiger partial charge on any atom is -0.467 e. The van der Waals surface area contributed by atoms with Crippen molar-refractivity contribution in [2.24, 2.45) is 0 Å². The Morgan fingerprint density at radius 2 is 1.95 bits per heavy atom. The van der Waals surface area contributed by atoms with Crippen molar-refractivity contribution in [1.82, 2.24) is 10.3 Å². The van der Waals surface area contributed by atoms with Crippen molar-refractivity contribution < 1.29 is 19.1 Å². The Morgan fingerprint density at radius 3 is 2.43 bits per heavy atom. The number of aromatic nitrogens is 1. The second-order valence-corrected chi connectivity index (χ2v) is 5.62. The smallest absolute Gasteiger partial charge is 0.331 e. The highest BCUT2D eigenvalue weighted by Crippen LogP contribution is 2.14. The van der Waals surface area contributed by atoms with Crippen LogP contribution in [-0.4, -0.2) is 41.7 Å². The monoisotopic (exact) mass is 294 g/mol. The maximum Gasteiger partial charge on any atom is 0.331 e. The molecule has 6 nitrogen and oxygen atoms in total. The maximum absolute atomic E-state index is 12.1. The molecular weight excluding hydrogens is 272 g/mol. The lowest BCUT2D eigenvalue weighted by atomic mass is 10.1. The first-order valence-corrected chi connectivity index (χ1v) is 6.72. The maximum atomic E-state index is 12.1. The SMILES string of the molecule is COC(=O)[C@@H](NC(=O)c1ccccn1)[C@@H](C)OC(C)(C)C. The van der Waals surface area contributed by atoms with Gasteiger partial charge in [0.25, 0.3) is 5.91 Å². The number of amides is 1. The van der Waals surface area contributed by atoms with Crippen molar-refractivity contribution in [3.8, 4) is 0 Å². The molecule has 0 saturated carbocycles. The van der Waals surface area contributed by atoms with Crippen molar-refractivity contribution in [1.29, 1.82) is 0 Å². The molecule has 0 aliphatic carbocycles. The number of hydrogen-bond acceptors (Lipinski definition) is 5. The summed E-state index contributed by atoms with van der Waals surface area (Å²) in [6, 6.07) is 4.08. The van der Waals surface area contributed by atoms with Crippen LogP contribution in [0.4, 0.5) is 0 Å². The van der Waals surface area contributed by atoms with Gasteiger partial charge in [-0.2, -0.15) is 0 Å². The van der Waals surface area contributed by atoms with E-state index in [2.05, 4.69) is 10.3 Å². The Morgan fingerprint density at radius 1 is 1.29 bits per heavy atom. The first-order valence-electron chi connectivity index (χ1n) is 6.72. The Kier molecular flexibility index (Phi) is 5.84. The molecule has 0 aliphatic rings. The molecular formula is C15H22N2O4. The van der Waals surface area contributed by atoms with Crippen LogP contribution in [-0.2, 0) is 14.3 Å². The second-order valence-electron chi connectivity index (χ2n) is 5.62. The van der Waals surface area contributed by atoms with Gasteiger partial charge in [0.05, 0.1) is 18.8 Å². The highest BCUT2D eigenvalue weighted by Gasteiger charge is 2.31. The molecule has 1 aromatic rings. The van der Waals surface area contributed by atoms with Crippen molar-refractivity contribution in [2.75, 3.05) is 7.11 Å². The third-order valence-corrected chi connectivity index (χ3v) is 2.65. The summed E-state index contributed by atoms with van der Waals surface area (Å²) in [5.41, 5.74) is -0.212. The topological polar surface area (TPSA) is 77.5 Å². The molecule has 1 heterocycles. The zero-order chi connectivity index (χ0) is 16.0. The van der Waals surface area contributed by atoms with E-state index in [0.29, 0.717) is 0 Å². The lowest BCUT2D eigenvalue weighted by Gasteiger charge is -2.29. The Labute approximate surface area is 124 Å². The molecule has 0 bridgehead atoms. The lowest BCUT2D eigenvalue weighted by molar-refractivity contribution is -0.150. The van der Waals surface area contributed by atoms with Crippen LogP contribution < -0.4 is 5.32 Å². The summed E-state index contributed by atoms with van der Waals surface area (Å²) in [5, 5.41) is 2.61. The number of nitrogens with zero attached hydrogens (tertiary/aromatic N) is 1. The number of hydrogen-bond donors (Lipinski definition) is 1. The van der Waals surface area contributed by atoms with Crippen LogP contribution in [0.2, 0.25) is 0 Å². The highest BCUT2D eigenvalue weighted by atomic mass is 16.5. The third kappa shape index (κ3) is 5.51. The average molecular weight is 294 g/mol. The molecule has 1 amide bonds. The second kappa shape index (κ2) is 7.17. The van der Waals surface area contributed by atoms with E-state index in [0.717, 1.165) is 0 Å². The molecule has 0 radical (unpaired) electrons. The summed E-state index contributed by atoms with van der Waals surface area (Å²) in [6.07, 6.45) is 0.974. The zero-order valence-corrected chi connectivity index (χ0v) is 13.0. The van der Waals surface area contributed by atoms with Crippen LogP contribution in [0.1, 0.15) is 38.2 Å². The van der Waals surface area contributed by atoms with Crippen LogP contribution in [0.15, 0.2) is 24.4 Å². The third-order valence-electron chi connectivity index (χ3n) is 2.65. The van der Waals surface area contributed by atoms with Gasteiger partial charge in [0.15, 0.2) is 6.04 Å². The minimum absolute atomic E-state index is 0.231. The average Bonchev–Trinajstić information content (AvgIpc) is 2.42. The van der Waals surface area contributed by atoms with E-state index >= 15 is 0 Å². The van der Waals surface area contributed by atoms with Gasteiger partial charge in [0.2, 0.25) is 0 Å². The molecule has 116 valence electrons. The highest BCUT2D eigenvalue weighted by molar-refractivity contribution is 5.95.